The Balaban J connectivity index is 2.48. The summed E-state index contributed by atoms with van der Waals surface area (Å²) in [4.78, 5) is 13.7. The number of Topliss-reactive ketones (excluding diaryl/α,β-unsaturated/α-hetero) is 1. The molecule has 0 aliphatic carbocycles. The number of hydrogen-bond acceptors (Lipinski definition) is 4. The summed E-state index contributed by atoms with van der Waals surface area (Å²) in [6.07, 6.45) is 2.29. The fraction of sp³-hybridized carbons (Fsp3) is 0.778. The molecule has 0 aromatic heterocycles. The van der Waals surface area contributed by atoms with Crippen molar-refractivity contribution in [2.75, 3.05) is 13.6 Å². The first-order valence-corrected chi connectivity index (χ1v) is 4.55. The molecule has 13 heavy (non-hydrogen) atoms. The second kappa shape index (κ2) is 4.37. The van der Waals surface area contributed by atoms with Gasteiger partial charge in [-0.3, -0.25) is 9.69 Å². The number of likely N-dealkylation sites (N-methyl/N-ethyl adjacent to an activating group) is 1. The van der Waals surface area contributed by atoms with Gasteiger partial charge in [-0.1, -0.05) is 5.16 Å². The maximum atomic E-state index is 11.6. The van der Waals surface area contributed by atoms with Crippen LogP contribution in [0.25, 0.3) is 0 Å². The van der Waals surface area contributed by atoms with Crippen LogP contribution < -0.4 is 0 Å². The second-order valence-corrected chi connectivity index (χ2v) is 3.62. The molecule has 1 aliphatic heterocycles. The number of rotatable bonds is 3. The van der Waals surface area contributed by atoms with E-state index in [9.17, 15) is 4.79 Å². The molecule has 74 valence electrons. The lowest BCUT2D eigenvalue weighted by Crippen LogP contribution is -2.33. The summed E-state index contributed by atoms with van der Waals surface area (Å²) in [5.41, 5.74) is 0.491. The van der Waals surface area contributed by atoms with Gasteiger partial charge >= 0.3 is 0 Å². The van der Waals surface area contributed by atoms with Gasteiger partial charge in [0.05, 0.1) is 11.8 Å². The normalized spacial score (nSPS) is 25.1. The molecule has 1 saturated heterocycles. The molecule has 1 fully saturated rings. The summed E-state index contributed by atoms with van der Waals surface area (Å²) >= 11 is 0. The predicted molar refractivity (Wildman–Crippen MR) is 50.2 cm³/mol. The van der Waals surface area contributed by atoms with Crippen LogP contribution in [-0.4, -0.2) is 41.2 Å². The third kappa shape index (κ3) is 2.52. The lowest BCUT2D eigenvalue weighted by molar-refractivity contribution is -0.121. The van der Waals surface area contributed by atoms with Crippen LogP contribution >= 0.6 is 0 Å². The zero-order chi connectivity index (χ0) is 9.84. The molecule has 0 aromatic carbocycles. The Morgan fingerprint density at radius 1 is 1.69 bits per heavy atom. The minimum atomic E-state index is 0.0386. The highest BCUT2D eigenvalue weighted by atomic mass is 16.4. The lowest BCUT2D eigenvalue weighted by atomic mass is 10.1. The first kappa shape index (κ1) is 10.2. The molecule has 1 rings (SSSR count). The topological polar surface area (TPSA) is 52.9 Å². The van der Waals surface area contributed by atoms with E-state index < -0.39 is 0 Å². The van der Waals surface area contributed by atoms with E-state index in [4.69, 9.17) is 5.21 Å². The van der Waals surface area contributed by atoms with Crippen molar-refractivity contribution in [1.29, 1.82) is 0 Å². The average molecular weight is 184 g/mol. The van der Waals surface area contributed by atoms with E-state index in [1.54, 1.807) is 6.92 Å². The predicted octanol–water partition coefficient (Wildman–Crippen LogP) is 0.890. The zero-order valence-corrected chi connectivity index (χ0v) is 8.16. The molecule has 1 heterocycles. The van der Waals surface area contributed by atoms with Gasteiger partial charge in [-0.05, 0) is 33.4 Å². The van der Waals surface area contributed by atoms with Crippen molar-refractivity contribution in [1.82, 2.24) is 4.90 Å². The molecule has 1 atom stereocenters. The Morgan fingerprint density at radius 3 is 2.85 bits per heavy atom. The Labute approximate surface area is 78.2 Å². The van der Waals surface area contributed by atoms with Gasteiger partial charge in [0, 0.05) is 6.42 Å². The number of carbonyl (C=O) groups excluding carboxylic acids is 1. The minimum Gasteiger partial charge on any atom is -0.411 e. The van der Waals surface area contributed by atoms with Crippen LogP contribution in [0.1, 0.15) is 26.2 Å². The Hall–Kier alpha value is -0.900. The number of carbonyl (C=O) groups is 1. The van der Waals surface area contributed by atoms with Gasteiger partial charge in [-0.2, -0.15) is 0 Å². The smallest absolute Gasteiger partial charge is 0.155 e. The minimum absolute atomic E-state index is 0.0386. The van der Waals surface area contributed by atoms with E-state index in [0.29, 0.717) is 5.71 Å². The van der Waals surface area contributed by atoms with Gasteiger partial charge < -0.3 is 5.21 Å². The van der Waals surface area contributed by atoms with Gasteiger partial charge in [0.1, 0.15) is 0 Å². The van der Waals surface area contributed by atoms with Crippen LogP contribution in [0.15, 0.2) is 5.16 Å². The number of hydrogen-bond donors (Lipinski definition) is 1. The van der Waals surface area contributed by atoms with Crippen LogP contribution in [0.4, 0.5) is 0 Å². The third-order valence-corrected chi connectivity index (χ3v) is 2.49. The van der Waals surface area contributed by atoms with E-state index in [1.807, 2.05) is 7.05 Å². The van der Waals surface area contributed by atoms with E-state index >= 15 is 0 Å². The average Bonchev–Trinajstić information content (AvgIpc) is 2.51. The van der Waals surface area contributed by atoms with Gasteiger partial charge in [0.15, 0.2) is 5.78 Å². The highest BCUT2D eigenvalue weighted by Gasteiger charge is 2.27. The summed E-state index contributed by atoms with van der Waals surface area (Å²) < 4.78 is 0. The molecule has 0 radical (unpaired) electrons. The van der Waals surface area contributed by atoms with Crippen LogP contribution in [-0.2, 0) is 4.79 Å². The van der Waals surface area contributed by atoms with Crippen LogP contribution in [0.3, 0.4) is 0 Å². The molecule has 0 aromatic rings. The van der Waals surface area contributed by atoms with Crippen molar-refractivity contribution < 1.29 is 10.0 Å². The van der Waals surface area contributed by atoms with Crippen molar-refractivity contribution in [2.45, 2.75) is 32.2 Å². The molecule has 4 nitrogen and oxygen atoms in total. The standard InChI is InChI=1S/C9H16N2O2/c1-7(10-13)6-9(12)8-4-3-5-11(8)2/h8,13H,3-6H2,1-2H3/t8-/m0/s1. The molecule has 1 N–H and O–H groups in total. The first-order chi connectivity index (χ1) is 6.15. The summed E-state index contributed by atoms with van der Waals surface area (Å²) in [5, 5.41) is 11.4. The number of likely N-dealkylation sites (tertiary alicyclic amines) is 1. The fourth-order valence-electron chi connectivity index (χ4n) is 1.72. The first-order valence-electron chi connectivity index (χ1n) is 4.55. The van der Waals surface area contributed by atoms with Crippen molar-refractivity contribution in [2.24, 2.45) is 5.16 Å². The monoisotopic (exact) mass is 184 g/mol. The number of nitrogens with zero attached hydrogens (tertiary/aromatic N) is 2. The summed E-state index contributed by atoms with van der Waals surface area (Å²) in [6.45, 7) is 2.65. The number of ketones is 1. The van der Waals surface area contributed by atoms with E-state index in [1.165, 1.54) is 0 Å². The van der Waals surface area contributed by atoms with Crippen molar-refractivity contribution in [3.8, 4) is 0 Å². The van der Waals surface area contributed by atoms with Crippen LogP contribution in [0.2, 0.25) is 0 Å². The van der Waals surface area contributed by atoms with Gasteiger partial charge in [0.2, 0.25) is 0 Å². The fourth-order valence-corrected chi connectivity index (χ4v) is 1.72. The summed E-state index contributed by atoms with van der Waals surface area (Å²) in [6, 6.07) is 0.0386. The molecule has 0 spiro atoms. The summed E-state index contributed by atoms with van der Waals surface area (Å²) in [7, 11) is 1.96. The quantitative estimate of drug-likeness (QED) is 0.402. The molecule has 4 heteroatoms. The van der Waals surface area contributed by atoms with Crippen molar-refractivity contribution in [3.05, 3.63) is 0 Å². The second-order valence-electron chi connectivity index (χ2n) is 3.62. The molecule has 0 saturated carbocycles. The molecule has 0 unspecified atom stereocenters. The molecular formula is C9H16N2O2. The van der Waals surface area contributed by atoms with E-state index in [-0.39, 0.29) is 18.2 Å². The van der Waals surface area contributed by atoms with E-state index in [0.717, 1.165) is 19.4 Å². The summed E-state index contributed by atoms with van der Waals surface area (Å²) in [5.74, 6) is 0.162. The SMILES string of the molecule is CC(CC(=O)[C@@H]1CCCN1C)=NO. The maximum absolute atomic E-state index is 11.6. The molecule has 1 aliphatic rings. The van der Waals surface area contributed by atoms with Crippen molar-refractivity contribution in [3.63, 3.8) is 0 Å². The van der Waals surface area contributed by atoms with Gasteiger partial charge in [0.25, 0.3) is 0 Å². The Kier molecular flexibility index (Phi) is 3.42. The van der Waals surface area contributed by atoms with Gasteiger partial charge in [-0.25, -0.2) is 0 Å². The number of oxime groups is 1. The lowest BCUT2D eigenvalue weighted by Gasteiger charge is -2.17. The highest BCUT2D eigenvalue weighted by molar-refractivity contribution is 6.02. The highest BCUT2D eigenvalue weighted by Crippen LogP contribution is 2.16. The molecule has 0 bridgehead atoms. The molecule has 0 amide bonds. The maximum Gasteiger partial charge on any atom is 0.155 e. The third-order valence-electron chi connectivity index (χ3n) is 2.49. The largest absolute Gasteiger partial charge is 0.411 e. The van der Waals surface area contributed by atoms with Crippen LogP contribution in [0, 0.1) is 0 Å². The van der Waals surface area contributed by atoms with Crippen molar-refractivity contribution >= 4 is 11.5 Å². The Bertz CT molecular complexity index is 226. The Morgan fingerprint density at radius 2 is 2.38 bits per heavy atom. The van der Waals surface area contributed by atoms with Crippen LogP contribution in [0.5, 0.6) is 0 Å². The van der Waals surface area contributed by atoms with E-state index in [2.05, 4.69) is 10.1 Å². The molecular weight excluding hydrogens is 168 g/mol. The van der Waals surface area contributed by atoms with Gasteiger partial charge in [-0.15, -0.1) is 0 Å². The zero-order valence-electron chi connectivity index (χ0n) is 8.16.